The minimum absolute atomic E-state index is 0.00504. The number of pyridine rings is 1. The second-order valence-electron chi connectivity index (χ2n) is 10.4. The van der Waals surface area contributed by atoms with E-state index >= 15 is 0 Å². The Morgan fingerprint density at radius 3 is 2.13 bits per heavy atom. The molecular weight excluding hydrogens is 606 g/mol. The van der Waals surface area contributed by atoms with Crippen LogP contribution < -0.4 is 28.4 Å². The van der Waals surface area contributed by atoms with Crippen molar-refractivity contribution in [1.82, 2.24) is 4.98 Å². The van der Waals surface area contributed by atoms with Crippen LogP contribution in [-0.4, -0.2) is 58.6 Å². The lowest BCUT2D eigenvalue weighted by molar-refractivity contribution is 0.0281. The van der Waals surface area contributed by atoms with E-state index in [0.29, 0.717) is 40.9 Å². The lowest BCUT2D eigenvalue weighted by atomic mass is 10.1. The Hall–Kier alpha value is -5.10. The van der Waals surface area contributed by atoms with E-state index in [0.717, 1.165) is 5.56 Å². The first-order valence-corrected chi connectivity index (χ1v) is 14.8. The smallest absolute Gasteiger partial charge is 0.193 e. The molecule has 3 aromatic carbocycles. The number of carbonyl (C=O) groups excluding carboxylic acids is 1. The molecule has 4 aromatic rings. The van der Waals surface area contributed by atoms with Gasteiger partial charge in [0.1, 0.15) is 41.3 Å². The van der Waals surface area contributed by atoms with Crippen LogP contribution in [0.15, 0.2) is 85.1 Å². The first-order valence-electron chi connectivity index (χ1n) is 14.8. The van der Waals surface area contributed by atoms with Gasteiger partial charge in [-0.05, 0) is 48.4 Å². The number of methoxy groups -OCH3 is 3. The Kier molecular flexibility index (Phi) is 11.6. The number of benzene rings is 3. The van der Waals surface area contributed by atoms with Crippen molar-refractivity contribution in [3.05, 3.63) is 107 Å². The standard InChI is InChI=1S/C36H37NO10/c1-24-36(29-13-12-27(19-37-29)42-20-26-8-6-5-7-9-26)47-32-16-25(11-15-31(32)46-24)10-14-30(38)35-33(44-22-40-3)17-28(43-21-39-2)18-34(35)45-23-41-4/h5-19,24,36H,20-23H2,1-4H3/b14-10+. The average molecular weight is 644 g/mol. The molecule has 0 radical (unpaired) electrons. The van der Waals surface area contributed by atoms with E-state index in [1.807, 2.05) is 67.6 Å². The van der Waals surface area contributed by atoms with Gasteiger partial charge in [0, 0.05) is 33.5 Å². The molecule has 2 atom stereocenters. The molecule has 0 spiro atoms. The number of hydrogen-bond acceptors (Lipinski definition) is 11. The maximum atomic E-state index is 13.6. The van der Waals surface area contributed by atoms with Gasteiger partial charge < -0.3 is 42.6 Å². The number of carbonyl (C=O) groups is 1. The van der Waals surface area contributed by atoms with Gasteiger partial charge in [-0.25, -0.2) is 0 Å². The number of fused-ring (bicyclic) bond motifs is 1. The van der Waals surface area contributed by atoms with Crippen LogP contribution in [0.4, 0.5) is 0 Å². The minimum atomic E-state index is -0.452. The van der Waals surface area contributed by atoms with Crippen molar-refractivity contribution in [3.8, 4) is 34.5 Å². The molecule has 0 amide bonds. The van der Waals surface area contributed by atoms with E-state index in [4.69, 9.17) is 42.6 Å². The van der Waals surface area contributed by atoms with Crippen molar-refractivity contribution < 1.29 is 47.4 Å². The summed E-state index contributed by atoms with van der Waals surface area (Å²) < 4.78 is 50.5. The summed E-state index contributed by atoms with van der Waals surface area (Å²) in [6.07, 6.45) is 4.03. The van der Waals surface area contributed by atoms with Gasteiger partial charge in [0.25, 0.3) is 0 Å². The van der Waals surface area contributed by atoms with Gasteiger partial charge in [0.2, 0.25) is 0 Å². The Balaban J connectivity index is 1.32. The summed E-state index contributed by atoms with van der Waals surface area (Å²) >= 11 is 0. The van der Waals surface area contributed by atoms with E-state index in [2.05, 4.69) is 4.98 Å². The van der Waals surface area contributed by atoms with Crippen LogP contribution in [0.5, 0.6) is 34.5 Å². The molecule has 11 heteroatoms. The zero-order valence-electron chi connectivity index (χ0n) is 26.7. The maximum Gasteiger partial charge on any atom is 0.193 e. The fourth-order valence-electron chi connectivity index (χ4n) is 4.75. The van der Waals surface area contributed by atoms with Crippen LogP contribution in [0.1, 0.15) is 40.2 Å². The highest BCUT2D eigenvalue weighted by Crippen LogP contribution is 2.40. The summed E-state index contributed by atoms with van der Waals surface area (Å²) in [5.74, 6) is 2.21. The molecule has 0 aliphatic carbocycles. The summed E-state index contributed by atoms with van der Waals surface area (Å²) in [6.45, 7) is 2.18. The topological polar surface area (TPSA) is 113 Å². The first kappa shape index (κ1) is 33.3. The highest BCUT2D eigenvalue weighted by atomic mass is 16.7. The summed E-state index contributed by atoms with van der Waals surface area (Å²) in [5, 5.41) is 0. The Bertz CT molecular complexity index is 1610. The van der Waals surface area contributed by atoms with Crippen molar-refractivity contribution in [1.29, 1.82) is 0 Å². The van der Waals surface area contributed by atoms with Crippen molar-refractivity contribution >= 4 is 11.9 Å². The molecular formula is C36H37NO10. The molecule has 246 valence electrons. The predicted octanol–water partition coefficient (Wildman–Crippen LogP) is 6.41. The van der Waals surface area contributed by atoms with E-state index in [1.54, 1.807) is 24.4 Å². The Morgan fingerprint density at radius 2 is 1.47 bits per heavy atom. The SMILES string of the molecule is COCOc1cc(OCOC)c(C(=O)/C=C/c2ccc3c(c2)OC(c2ccc(OCc4ccccc4)cn2)C(C)O3)c(OCOC)c1. The number of hydrogen-bond donors (Lipinski definition) is 0. The van der Waals surface area contributed by atoms with Gasteiger partial charge in [-0.15, -0.1) is 0 Å². The van der Waals surface area contributed by atoms with E-state index in [-0.39, 0.29) is 49.3 Å². The lowest BCUT2D eigenvalue weighted by Gasteiger charge is -2.31. The number of ether oxygens (including phenoxy) is 9. The average Bonchev–Trinajstić information content (AvgIpc) is 3.10. The van der Waals surface area contributed by atoms with Crippen molar-refractivity contribution in [2.75, 3.05) is 41.7 Å². The van der Waals surface area contributed by atoms with Gasteiger partial charge in [0.15, 0.2) is 43.8 Å². The largest absolute Gasteiger partial charge is 0.487 e. The fraction of sp³-hybridized carbons (Fsp3) is 0.278. The maximum absolute atomic E-state index is 13.6. The summed E-state index contributed by atoms with van der Waals surface area (Å²) in [6, 6.07) is 22.3. The van der Waals surface area contributed by atoms with E-state index < -0.39 is 6.10 Å². The third kappa shape index (κ3) is 8.79. The molecule has 0 bridgehead atoms. The van der Waals surface area contributed by atoms with Crippen LogP contribution in [-0.2, 0) is 20.8 Å². The van der Waals surface area contributed by atoms with Crippen LogP contribution in [0.2, 0.25) is 0 Å². The van der Waals surface area contributed by atoms with Crippen LogP contribution in [0.25, 0.3) is 6.08 Å². The quantitative estimate of drug-likeness (QED) is 0.0767. The van der Waals surface area contributed by atoms with Crippen molar-refractivity contribution in [3.63, 3.8) is 0 Å². The monoisotopic (exact) mass is 643 g/mol. The normalized spacial score (nSPS) is 15.3. The highest BCUT2D eigenvalue weighted by Gasteiger charge is 2.31. The fourth-order valence-corrected chi connectivity index (χ4v) is 4.75. The highest BCUT2D eigenvalue weighted by molar-refractivity contribution is 6.10. The number of allylic oxidation sites excluding steroid dienone is 1. The number of ketones is 1. The third-order valence-corrected chi connectivity index (χ3v) is 6.98. The second kappa shape index (κ2) is 16.5. The van der Waals surface area contributed by atoms with Crippen LogP contribution in [0, 0.1) is 0 Å². The van der Waals surface area contributed by atoms with Gasteiger partial charge in [-0.1, -0.05) is 42.5 Å². The van der Waals surface area contributed by atoms with Crippen LogP contribution in [0.3, 0.4) is 0 Å². The molecule has 1 aliphatic rings. The number of nitrogens with zero attached hydrogens (tertiary/aromatic N) is 1. The number of aromatic nitrogens is 1. The first-order chi connectivity index (χ1) is 23.0. The minimum Gasteiger partial charge on any atom is -0.487 e. The Morgan fingerprint density at radius 1 is 0.766 bits per heavy atom. The molecule has 1 aliphatic heterocycles. The molecule has 1 aromatic heterocycles. The van der Waals surface area contributed by atoms with Gasteiger partial charge in [-0.2, -0.15) is 0 Å². The summed E-state index contributed by atoms with van der Waals surface area (Å²) in [5.41, 5.74) is 2.67. The van der Waals surface area contributed by atoms with Gasteiger partial charge in [-0.3, -0.25) is 9.78 Å². The molecule has 0 fully saturated rings. The molecule has 5 rings (SSSR count). The molecule has 2 heterocycles. The van der Waals surface area contributed by atoms with Crippen molar-refractivity contribution in [2.45, 2.75) is 25.7 Å². The van der Waals surface area contributed by atoms with E-state index in [9.17, 15) is 4.79 Å². The van der Waals surface area contributed by atoms with Gasteiger partial charge >= 0.3 is 0 Å². The molecule has 0 saturated heterocycles. The summed E-state index contributed by atoms with van der Waals surface area (Å²) in [7, 11) is 4.47. The number of rotatable bonds is 16. The molecule has 0 N–H and O–H groups in total. The molecule has 11 nitrogen and oxygen atoms in total. The second-order valence-corrected chi connectivity index (χ2v) is 10.4. The predicted molar refractivity (Wildman–Crippen MR) is 172 cm³/mol. The molecule has 47 heavy (non-hydrogen) atoms. The summed E-state index contributed by atoms with van der Waals surface area (Å²) in [4.78, 5) is 18.2. The Labute approximate surface area is 273 Å². The zero-order valence-corrected chi connectivity index (χ0v) is 26.7. The zero-order chi connectivity index (χ0) is 33.0. The molecule has 0 saturated carbocycles. The third-order valence-electron chi connectivity index (χ3n) is 6.98. The van der Waals surface area contributed by atoms with Crippen LogP contribution >= 0.6 is 0 Å². The molecule has 2 unspecified atom stereocenters. The van der Waals surface area contributed by atoms with E-state index in [1.165, 1.54) is 27.4 Å². The van der Waals surface area contributed by atoms with Gasteiger partial charge in [0.05, 0.1) is 11.9 Å². The lowest BCUT2D eigenvalue weighted by Crippen LogP contribution is -2.31. The van der Waals surface area contributed by atoms with Crippen molar-refractivity contribution in [2.24, 2.45) is 0 Å².